The standard InChI is InChI=1S/C14H24N2O/c1-6-13-7-12(9-15-10(2)3)8-14(16-13)17-11(4)5/h7-8,10-11,15H,6,9H2,1-5H3. The van der Waals surface area contributed by atoms with Gasteiger partial charge in [0.1, 0.15) is 0 Å². The molecule has 1 aromatic heterocycles. The Balaban J connectivity index is 2.81. The van der Waals surface area contributed by atoms with E-state index in [1.807, 2.05) is 19.9 Å². The number of hydrogen-bond acceptors (Lipinski definition) is 3. The van der Waals surface area contributed by atoms with Gasteiger partial charge in [-0.05, 0) is 31.9 Å². The van der Waals surface area contributed by atoms with Crippen LogP contribution in [0.15, 0.2) is 12.1 Å². The lowest BCUT2D eigenvalue weighted by molar-refractivity contribution is 0.231. The van der Waals surface area contributed by atoms with E-state index < -0.39 is 0 Å². The summed E-state index contributed by atoms with van der Waals surface area (Å²) in [6.45, 7) is 11.3. The SMILES string of the molecule is CCc1cc(CNC(C)C)cc(OC(C)C)n1. The van der Waals surface area contributed by atoms with Crippen LogP contribution in [0, 0.1) is 0 Å². The lowest BCUT2D eigenvalue weighted by Gasteiger charge is -2.13. The Labute approximate surface area is 105 Å². The van der Waals surface area contributed by atoms with Crippen LogP contribution in [-0.2, 0) is 13.0 Å². The van der Waals surface area contributed by atoms with Crippen LogP contribution in [0.25, 0.3) is 0 Å². The molecule has 0 saturated carbocycles. The molecule has 0 atom stereocenters. The van der Waals surface area contributed by atoms with E-state index in [1.165, 1.54) is 5.56 Å². The van der Waals surface area contributed by atoms with Crippen LogP contribution in [-0.4, -0.2) is 17.1 Å². The highest BCUT2D eigenvalue weighted by Crippen LogP contribution is 2.15. The zero-order valence-corrected chi connectivity index (χ0v) is 11.6. The Morgan fingerprint density at radius 3 is 2.47 bits per heavy atom. The summed E-state index contributed by atoms with van der Waals surface area (Å²) in [5.41, 5.74) is 2.32. The average molecular weight is 236 g/mol. The second-order valence-corrected chi connectivity index (χ2v) is 4.86. The van der Waals surface area contributed by atoms with Gasteiger partial charge in [0.25, 0.3) is 0 Å². The van der Waals surface area contributed by atoms with E-state index in [9.17, 15) is 0 Å². The van der Waals surface area contributed by atoms with Gasteiger partial charge in [-0.1, -0.05) is 20.8 Å². The number of nitrogens with zero attached hydrogens (tertiary/aromatic N) is 1. The Morgan fingerprint density at radius 1 is 1.24 bits per heavy atom. The Hall–Kier alpha value is -1.09. The van der Waals surface area contributed by atoms with Crippen molar-refractivity contribution in [3.05, 3.63) is 23.4 Å². The summed E-state index contributed by atoms with van der Waals surface area (Å²) in [5.74, 6) is 0.736. The summed E-state index contributed by atoms with van der Waals surface area (Å²) in [5, 5.41) is 3.41. The number of pyridine rings is 1. The quantitative estimate of drug-likeness (QED) is 0.824. The van der Waals surface area contributed by atoms with Crippen molar-refractivity contribution in [3.63, 3.8) is 0 Å². The fraction of sp³-hybridized carbons (Fsp3) is 0.643. The van der Waals surface area contributed by atoms with E-state index in [4.69, 9.17) is 4.74 Å². The first-order valence-corrected chi connectivity index (χ1v) is 6.41. The molecule has 1 N–H and O–H groups in total. The van der Waals surface area contributed by atoms with Crippen molar-refractivity contribution in [1.29, 1.82) is 0 Å². The molecule has 1 rings (SSSR count). The molecule has 0 saturated heterocycles. The van der Waals surface area contributed by atoms with Crippen molar-refractivity contribution < 1.29 is 4.74 Å². The smallest absolute Gasteiger partial charge is 0.214 e. The van der Waals surface area contributed by atoms with Crippen LogP contribution in [0.3, 0.4) is 0 Å². The van der Waals surface area contributed by atoms with Gasteiger partial charge >= 0.3 is 0 Å². The van der Waals surface area contributed by atoms with E-state index in [0.29, 0.717) is 6.04 Å². The monoisotopic (exact) mass is 236 g/mol. The van der Waals surface area contributed by atoms with Crippen molar-refractivity contribution in [2.75, 3.05) is 0 Å². The molecule has 0 aliphatic rings. The number of ether oxygens (including phenoxy) is 1. The number of rotatable bonds is 6. The number of aryl methyl sites for hydroxylation is 1. The molecule has 0 spiro atoms. The number of hydrogen-bond donors (Lipinski definition) is 1. The molecular weight excluding hydrogens is 212 g/mol. The molecule has 0 amide bonds. The summed E-state index contributed by atoms with van der Waals surface area (Å²) in [6, 6.07) is 4.65. The molecule has 3 nitrogen and oxygen atoms in total. The van der Waals surface area contributed by atoms with Gasteiger partial charge in [-0.2, -0.15) is 0 Å². The van der Waals surface area contributed by atoms with Crippen LogP contribution in [0.1, 0.15) is 45.9 Å². The minimum atomic E-state index is 0.167. The second-order valence-electron chi connectivity index (χ2n) is 4.86. The van der Waals surface area contributed by atoms with Gasteiger partial charge in [-0.25, -0.2) is 4.98 Å². The van der Waals surface area contributed by atoms with Crippen molar-refractivity contribution in [1.82, 2.24) is 10.3 Å². The van der Waals surface area contributed by atoms with Gasteiger partial charge in [0, 0.05) is 24.3 Å². The summed E-state index contributed by atoms with van der Waals surface area (Å²) in [4.78, 5) is 4.47. The Kier molecular flexibility index (Phi) is 5.42. The molecule has 0 aliphatic heterocycles. The highest BCUT2D eigenvalue weighted by molar-refractivity contribution is 5.25. The number of aromatic nitrogens is 1. The van der Waals surface area contributed by atoms with Crippen LogP contribution in [0.5, 0.6) is 5.88 Å². The number of nitrogens with one attached hydrogen (secondary N) is 1. The molecular formula is C14H24N2O. The maximum atomic E-state index is 5.67. The Bertz CT molecular complexity index is 348. The fourth-order valence-electron chi connectivity index (χ4n) is 1.53. The molecule has 96 valence electrons. The van der Waals surface area contributed by atoms with Crippen LogP contribution in [0.2, 0.25) is 0 Å². The van der Waals surface area contributed by atoms with Gasteiger partial charge in [-0.3, -0.25) is 0 Å². The summed E-state index contributed by atoms with van der Waals surface area (Å²) >= 11 is 0. The summed E-state index contributed by atoms with van der Waals surface area (Å²) in [7, 11) is 0. The zero-order valence-electron chi connectivity index (χ0n) is 11.6. The normalized spacial score (nSPS) is 11.2. The minimum absolute atomic E-state index is 0.167. The van der Waals surface area contributed by atoms with Crippen molar-refractivity contribution >= 4 is 0 Å². The molecule has 0 radical (unpaired) electrons. The van der Waals surface area contributed by atoms with Gasteiger partial charge in [0.2, 0.25) is 5.88 Å². The molecule has 0 fully saturated rings. The molecule has 0 aliphatic carbocycles. The van der Waals surface area contributed by atoms with E-state index in [1.54, 1.807) is 0 Å². The van der Waals surface area contributed by atoms with Gasteiger partial charge in [0.05, 0.1) is 6.10 Å². The molecule has 17 heavy (non-hydrogen) atoms. The first-order valence-electron chi connectivity index (χ1n) is 6.41. The van der Waals surface area contributed by atoms with Crippen molar-refractivity contribution in [2.24, 2.45) is 0 Å². The Morgan fingerprint density at radius 2 is 1.94 bits per heavy atom. The highest BCUT2D eigenvalue weighted by atomic mass is 16.5. The summed E-state index contributed by atoms with van der Waals surface area (Å²) < 4.78 is 5.67. The maximum absolute atomic E-state index is 5.67. The third-order valence-corrected chi connectivity index (χ3v) is 2.35. The molecule has 3 heteroatoms. The van der Waals surface area contributed by atoms with E-state index >= 15 is 0 Å². The topological polar surface area (TPSA) is 34.1 Å². The molecule has 0 aromatic carbocycles. The van der Waals surface area contributed by atoms with E-state index in [0.717, 1.165) is 24.5 Å². The first-order chi connectivity index (χ1) is 8.01. The average Bonchev–Trinajstić information content (AvgIpc) is 2.25. The van der Waals surface area contributed by atoms with Crippen molar-refractivity contribution in [3.8, 4) is 5.88 Å². The predicted molar refractivity (Wildman–Crippen MR) is 71.4 cm³/mol. The zero-order chi connectivity index (χ0) is 12.8. The van der Waals surface area contributed by atoms with Gasteiger partial charge in [-0.15, -0.1) is 0 Å². The van der Waals surface area contributed by atoms with Gasteiger partial charge < -0.3 is 10.1 Å². The highest BCUT2D eigenvalue weighted by Gasteiger charge is 2.05. The molecule has 0 bridgehead atoms. The predicted octanol–water partition coefficient (Wildman–Crippen LogP) is 2.93. The van der Waals surface area contributed by atoms with E-state index in [-0.39, 0.29) is 6.10 Å². The van der Waals surface area contributed by atoms with E-state index in [2.05, 4.69) is 37.1 Å². The molecule has 1 heterocycles. The third-order valence-electron chi connectivity index (χ3n) is 2.35. The minimum Gasteiger partial charge on any atom is -0.475 e. The molecule has 0 unspecified atom stereocenters. The van der Waals surface area contributed by atoms with Crippen molar-refractivity contribution in [2.45, 2.75) is 59.7 Å². The van der Waals surface area contributed by atoms with Gasteiger partial charge in [0.15, 0.2) is 0 Å². The lowest BCUT2D eigenvalue weighted by Crippen LogP contribution is -2.22. The van der Waals surface area contributed by atoms with Crippen LogP contribution < -0.4 is 10.1 Å². The lowest BCUT2D eigenvalue weighted by atomic mass is 10.2. The third kappa shape index (κ3) is 5.18. The first kappa shape index (κ1) is 14.0. The van der Waals surface area contributed by atoms with Crippen LogP contribution >= 0.6 is 0 Å². The largest absolute Gasteiger partial charge is 0.475 e. The second kappa shape index (κ2) is 6.60. The summed E-state index contributed by atoms with van der Waals surface area (Å²) in [6.07, 6.45) is 1.10. The fourth-order valence-corrected chi connectivity index (χ4v) is 1.53. The van der Waals surface area contributed by atoms with Crippen LogP contribution in [0.4, 0.5) is 0 Å². The maximum Gasteiger partial charge on any atom is 0.214 e. The molecule has 1 aromatic rings.